The number of carboxylic acid groups (broad SMARTS) is 1. The molecular weight excluding hydrogens is 244 g/mol. The molecule has 0 saturated carbocycles. The molecule has 5 nitrogen and oxygen atoms in total. The first kappa shape index (κ1) is 15.0. The summed E-state index contributed by atoms with van der Waals surface area (Å²) in [7, 11) is 0. The molecule has 0 aliphatic carbocycles. The Balaban J connectivity index is 2.81. The number of nitrogen functional groups attached to an aromatic ring is 1. The summed E-state index contributed by atoms with van der Waals surface area (Å²) in [6.45, 7) is 5.62. The van der Waals surface area contributed by atoms with Crippen LogP contribution in [0.4, 0.5) is 5.69 Å². The molecule has 19 heavy (non-hydrogen) atoms. The largest absolute Gasteiger partial charge is 0.480 e. The van der Waals surface area contributed by atoms with Gasteiger partial charge in [0.15, 0.2) is 0 Å². The summed E-state index contributed by atoms with van der Waals surface area (Å²) in [4.78, 5) is 23.1. The molecule has 0 radical (unpaired) electrons. The molecule has 0 aliphatic rings. The number of nitrogens with two attached hydrogens (primary N) is 1. The normalized spacial score (nSPS) is 12.2. The molecule has 0 spiro atoms. The Morgan fingerprint density at radius 2 is 2.00 bits per heavy atom. The Bertz CT molecular complexity index is 484. The molecule has 0 aromatic heterocycles. The van der Waals surface area contributed by atoms with E-state index in [4.69, 9.17) is 10.8 Å². The Hall–Kier alpha value is -2.04. The van der Waals surface area contributed by atoms with Crippen molar-refractivity contribution in [1.29, 1.82) is 0 Å². The van der Waals surface area contributed by atoms with E-state index in [0.717, 1.165) is 5.56 Å². The summed E-state index contributed by atoms with van der Waals surface area (Å²) in [5.41, 5.74) is 7.50. The Labute approximate surface area is 112 Å². The van der Waals surface area contributed by atoms with Crippen molar-refractivity contribution in [3.05, 3.63) is 29.3 Å². The van der Waals surface area contributed by atoms with Crippen LogP contribution in [0, 0.1) is 12.8 Å². The number of carbonyl (C=O) groups is 2. The molecule has 0 aliphatic heterocycles. The van der Waals surface area contributed by atoms with E-state index >= 15 is 0 Å². The lowest BCUT2D eigenvalue weighted by Gasteiger charge is -2.16. The lowest BCUT2D eigenvalue weighted by molar-refractivity contribution is -0.139. The van der Waals surface area contributed by atoms with Crippen LogP contribution < -0.4 is 11.1 Å². The van der Waals surface area contributed by atoms with E-state index in [9.17, 15) is 9.59 Å². The van der Waals surface area contributed by atoms with Crippen molar-refractivity contribution >= 4 is 17.6 Å². The minimum atomic E-state index is -1.02. The zero-order valence-corrected chi connectivity index (χ0v) is 11.4. The smallest absolute Gasteiger partial charge is 0.326 e. The molecule has 4 N–H and O–H groups in total. The zero-order chi connectivity index (χ0) is 14.6. The van der Waals surface area contributed by atoms with Crippen LogP contribution in [0.3, 0.4) is 0 Å². The van der Waals surface area contributed by atoms with Gasteiger partial charge in [0.05, 0.1) is 0 Å². The first-order chi connectivity index (χ1) is 8.81. The van der Waals surface area contributed by atoms with Crippen molar-refractivity contribution in [1.82, 2.24) is 5.32 Å². The fourth-order valence-corrected chi connectivity index (χ4v) is 1.75. The second kappa shape index (κ2) is 6.22. The quantitative estimate of drug-likeness (QED) is 0.707. The summed E-state index contributed by atoms with van der Waals surface area (Å²) >= 11 is 0. The van der Waals surface area contributed by atoms with Crippen molar-refractivity contribution in [3.63, 3.8) is 0 Å². The fourth-order valence-electron chi connectivity index (χ4n) is 1.75. The summed E-state index contributed by atoms with van der Waals surface area (Å²) in [5, 5.41) is 11.6. The topological polar surface area (TPSA) is 92.4 Å². The number of hydrogen-bond acceptors (Lipinski definition) is 3. The van der Waals surface area contributed by atoms with Crippen molar-refractivity contribution < 1.29 is 14.7 Å². The van der Waals surface area contributed by atoms with Gasteiger partial charge in [0.1, 0.15) is 6.04 Å². The second-order valence-electron chi connectivity index (χ2n) is 5.07. The van der Waals surface area contributed by atoms with Crippen molar-refractivity contribution in [2.45, 2.75) is 33.2 Å². The van der Waals surface area contributed by atoms with Gasteiger partial charge < -0.3 is 16.2 Å². The van der Waals surface area contributed by atoms with Crippen molar-refractivity contribution in [2.24, 2.45) is 5.92 Å². The number of rotatable bonds is 5. The molecule has 5 heteroatoms. The maximum atomic E-state index is 12.0. The number of anilines is 1. The number of aliphatic carboxylic acids is 1. The van der Waals surface area contributed by atoms with E-state index in [-0.39, 0.29) is 5.92 Å². The zero-order valence-electron chi connectivity index (χ0n) is 11.4. The average molecular weight is 264 g/mol. The van der Waals surface area contributed by atoms with Crippen molar-refractivity contribution in [3.8, 4) is 0 Å². The highest BCUT2D eigenvalue weighted by molar-refractivity contribution is 5.97. The van der Waals surface area contributed by atoms with Gasteiger partial charge in [-0.2, -0.15) is 0 Å². The van der Waals surface area contributed by atoms with Crippen molar-refractivity contribution in [2.75, 3.05) is 5.73 Å². The molecule has 1 amide bonds. The molecule has 0 unspecified atom stereocenters. The van der Waals surface area contributed by atoms with Crippen LogP contribution in [0.2, 0.25) is 0 Å². The predicted octanol–water partition coefficient (Wildman–Crippen LogP) is 1.81. The molecule has 0 fully saturated rings. The van der Waals surface area contributed by atoms with Gasteiger partial charge in [0.2, 0.25) is 0 Å². The molecule has 1 aromatic carbocycles. The summed E-state index contributed by atoms with van der Waals surface area (Å²) in [6, 6.07) is 4.01. The van der Waals surface area contributed by atoms with E-state index in [0.29, 0.717) is 17.7 Å². The summed E-state index contributed by atoms with van der Waals surface area (Å²) < 4.78 is 0. The van der Waals surface area contributed by atoms with Gasteiger partial charge in [0.25, 0.3) is 5.91 Å². The van der Waals surface area contributed by atoms with Gasteiger partial charge in [-0.3, -0.25) is 4.79 Å². The number of carbonyl (C=O) groups excluding carboxylic acids is 1. The molecule has 0 heterocycles. The third-order valence-electron chi connectivity index (χ3n) is 2.84. The number of benzene rings is 1. The van der Waals surface area contributed by atoms with Gasteiger partial charge in [-0.05, 0) is 43.0 Å². The lowest BCUT2D eigenvalue weighted by atomic mass is 10.0. The molecule has 1 rings (SSSR count). The second-order valence-corrected chi connectivity index (χ2v) is 5.07. The minimum absolute atomic E-state index is 0.189. The average Bonchev–Trinajstić information content (AvgIpc) is 2.31. The summed E-state index contributed by atoms with van der Waals surface area (Å²) in [5.74, 6) is -1.22. The number of amides is 1. The lowest BCUT2D eigenvalue weighted by Crippen LogP contribution is -2.41. The monoisotopic (exact) mass is 264 g/mol. The van der Waals surface area contributed by atoms with Crippen LogP contribution in [-0.4, -0.2) is 23.0 Å². The van der Waals surface area contributed by atoms with Crippen LogP contribution in [0.15, 0.2) is 18.2 Å². The highest BCUT2D eigenvalue weighted by Crippen LogP contribution is 2.13. The standard InChI is InChI=1S/C14H20N2O3/c1-8(2)6-12(14(18)19)16-13(17)10-4-5-11(15)9(3)7-10/h4-5,7-8,12H,6,15H2,1-3H3,(H,16,17)(H,18,19)/t12-/m0/s1. The van der Waals surface area contributed by atoms with Crippen LogP contribution in [0.25, 0.3) is 0 Å². The van der Waals surface area contributed by atoms with E-state index < -0.39 is 17.9 Å². The third kappa shape index (κ3) is 4.28. The van der Waals surface area contributed by atoms with Gasteiger partial charge in [-0.15, -0.1) is 0 Å². The molecule has 0 bridgehead atoms. The van der Waals surface area contributed by atoms with Crippen LogP contribution in [0.5, 0.6) is 0 Å². The Morgan fingerprint density at radius 3 is 2.47 bits per heavy atom. The van der Waals surface area contributed by atoms with Gasteiger partial charge in [-0.1, -0.05) is 13.8 Å². The van der Waals surface area contributed by atoms with Crippen LogP contribution in [-0.2, 0) is 4.79 Å². The van der Waals surface area contributed by atoms with E-state index in [2.05, 4.69) is 5.32 Å². The fraction of sp³-hybridized carbons (Fsp3) is 0.429. The first-order valence-corrected chi connectivity index (χ1v) is 6.21. The van der Waals surface area contributed by atoms with Gasteiger partial charge >= 0.3 is 5.97 Å². The number of hydrogen-bond donors (Lipinski definition) is 3. The van der Waals surface area contributed by atoms with E-state index in [1.54, 1.807) is 25.1 Å². The number of nitrogens with one attached hydrogen (secondary N) is 1. The van der Waals surface area contributed by atoms with E-state index in [1.165, 1.54) is 0 Å². The van der Waals surface area contributed by atoms with Crippen LogP contribution in [0.1, 0.15) is 36.2 Å². The molecule has 104 valence electrons. The Morgan fingerprint density at radius 1 is 1.37 bits per heavy atom. The minimum Gasteiger partial charge on any atom is -0.480 e. The number of carboxylic acids is 1. The highest BCUT2D eigenvalue weighted by Gasteiger charge is 2.21. The van der Waals surface area contributed by atoms with Crippen LogP contribution >= 0.6 is 0 Å². The summed E-state index contributed by atoms with van der Waals surface area (Å²) in [6.07, 6.45) is 0.398. The molecule has 1 aromatic rings. The maximum Gasteiger partial charge on any atom is 0.326 e. The Kier molecular flexibility index (Phi) is 4.92. The van der Waals surface area contributed by atoms with Gasteiger partial charge in [-0.25, -0.2) is 4.79 Å². The van der Waals surface area contributed by atoms with Gasteiger partial charge in [0, 0.05) is 11.3 Å². The molecule has 0 saturated heterocycles. The SMILES string of the molecule is Cc1cc(C(=O)N[C@@H](CC(C)C)C(=O)O)ccc1N. The third-order valence-corrected chi connectivity index (χ3v) is 2.84. The highest BCUT2D eigenvalue weighted by atomic mass is 16.4. The maximum absolute atomic E-state index is 12.0. The number of aryl methyl sites for hydroxylation is 1. The molecular formula is C14H20N2O3. The predicted molar refractivity (Wildman–Crippen MR) is 73.9 cm³/mol. The first-order valence-electron chi connectivity index (χ1n) is 6.21. The van der Waals surface area contributed by atoms with E-state index in [1.807, 2.05) is 13.8 Å². The molecule has 1 atom stereocenters.